The zero-order valence-corrected chi connectivity index (χ0v) is 14.3. The number of nitrogens with one attached hydrogen (secondary N) is 1. The maximum absolute atomic E-state index is 12.3. The molecule has 0 bridgehead atoms. The van der Waals surface area contributed by atoms with E-state index in [0.717, 1.165) is 12.0 Å². The molecule has 24 heavy (non-hydrogen) atoms. The van der Waals surface area contributed by atoms with Gasteiger partial charge in [-0.3, -0.25) is 14.3 Å². The molecule has 126 valence electrons. The number of benzene rings is 1. The molecule has 2 aromatic rings. The van der Waals surface area contributed by atoms with Gasteiger partial charge in [-0.1, -0.05) is 29.8 Å². The van der Waals surface area contributed by atoms with Crippen molar-refractivity contribution in [3.8, 4) is 0 Å². The zero-order valence-electron chi connectivity index (χ0n) is 13.6. The molecule has 3 rings (SSSR count). The highest BCUT2D eigenvalue weighted by atomic mass is 35.5. The summed E-state index contributed by atoms with van der Waals surface area (Å²) in [5, 5.41) is 7.65. The van der Waals surface area contributed by atoms with Crippen LogP contribution < -0.4 is 5.32 Å². The lowest BCUT2D eigenvalue weighted by Gasteiger charge is -2.09. The second kappa shape index (κ2) is 6.65. The summed E-state index contributed by atoms with van der Waals surface area (Å²) in [6.45, 7) is 0.147. The van der Waals surface area contributed by atoms with Crippen LogP contribution in [0.25, 0.3) is 0 Å². The summed E-state index contributed by atoms with van der Waals surface area (Å²) < 4.78 is 1.51. The van der Waals surface area contributed by atoms with Crippen LogP contribution in [0.5, 0.6) is 0 Å². The summed E-state index contributed by atoms with van der Waals surface area (Å²) in [6, 6.07) is 7.62. The van der Waals surface area contributed by atoms with E-state index in [4.69, 9.17) is 11.6 Å². The molecule has 1 saturated carbocycles. The van der Waals surface area contributed by atoms with Gasteiger partial charge in [-0.2, -0.15) is 5.10 Å². The lowest BCUT2D eigenvalue weighted by molar-refractivity contribution is -0.129. The summed E-state index contributed by atoms with van der Waals surface area (Å²) >= 11 is 6.19. The van der Waals surface area contributed by atoms with Gasteiger partial charge in [-0.05, 0) is 24.0 Å². The van der Waals surface area contributed by atoms with E-state index in [1.54, 1.807) is 26.5 Å². The first-order valence-electron chi connectivity index (χ1n) is 7.73. The summed E-state index contributed by atoms with van der Waals surface area (Å²) in [4.78, 5) is 25.5. The van der Waals surface area contributed by atoms with E-state index in [9.17, 15) is 9.59 Å². The van der Waals surface area contributed by atoms with Gasteiger partial charge in [0, 0.05) is 31.2 Å². The number of halogens is 1. The predicted molar refractivity (Wildman–Crippen MR) is 91.9 cm³/mol. The normalized spacial score (nSPS) is 19.0. The summed E-state index contributed by atoms with van der Waals surface area (Å²) in [5.41, 5.74) is 1.61. The fourth-order valence-electron chi connectivity index (χ4n) is 2.63. The Kier molecular flexibility index (Phi) is 4.57. The molecule has 0 spiro atoms. The molecule has 1 aliphatic carbocycles. The molecule has 1 N–H and O–H groups in total. The number of amides is 2. The van der Waals surface area contributed by atoms with Crippen molar-refractivity contribution in [2.45, 2.75) is 18.9 Å². The summed E-state index contributed by atoms with van der Waals surface area (Å²) in [7, 11) is 3.38. The van der Waals surface area contributed by atoms with Gasteiger partial charge in [-0.25, -0.2) is 0 Å². The Balaban J connectivity index is 1.58. The van der Waals surface area contributed by atoms with E-state index in [1.807, 2.05) is 24.3 Å². The van der Waals surface area contributed by atoms with Crippen LogP contribution >= 0.6 is 11.6 Å². The molecule has 0 aliphatic heterocycles. The molecular formula is C17H19ClN4O2. The minimum atomic E-state index is -0.0725. The topological polar surface area (TPSA) is 67.2 Å². The third kappa shape index (κ3) is 3.59. The van der Waals surface area contributed by atoms with E-state index in [2.05, 4.69) is 10.4 Å². The monoisotopic (exact) mass is 346 g/mol. The number of hydrogen-bond acceptors (Lipinski definition) is 3. The number of carbonyl (C=O) groups is 2. The van der Waals surface area contributed by atoms with Crippen molar-refractivity contribution in [3.63, 3.8) is 0 Å². The Labute approximate surface area is 145 Å². The third-order valence-electron chi connectivity index (χ3n) is 4.13. The Morgan fingerprint density at radius 2 is 2.12 bits per heavy atom. The molecule has 2 atom stereocenters. The van der Waals surface area contributed by atoms with Gasteiger partial charge < -0.3 is 10.2 Å². The lowest BCUT2D eigenvalue weighted by Crippen LogP contribution is -2.26. The number of anilines is 1. The van der Waals surface area contributed by atoms with Gasteiger partial charge in [0.05, 0.1) is 11.9 Å². The van der Waals surface area contributed by atoms with Crippen molar-refractivity contribution in [1.82, 2.24) is 14.7 Å². The fourth-order valence-corrected chi connectivity index (χ4v) is 2.91. The highest BCUT2D eigenvalue weighted by Crippen LogP contribution is 2.49. The largest absolute Gasteiger partial charge is 0.347 e. The van der Waals surface area contributed by atoms with Crippen molar-refractivity contribution >= 4 is 29.1 Å². The van der Waals surface area contributed by atoms with Crippen LogP contribution in [0.15, 0.2) is 36.7 Å². The van der Waals surface area contributed by atoms with Crippen molar-refractivity contribution in [3.05, 3.63) is 47.2 Å². The predicted octanol–water partition coefficient (Wildman–Crippen LogP) is 2.37. The van der Waals surface area contributed by atoms with Crippen LogP contribution in [0, 0.1) is 5.92 Å². The standard InChI is InChI=1S/C17H19ClN4O2/c1-21(2)16(23)10-22-9-11(8-19-22)20-17(24)14-7-13(14)12-5-3-4-6-15(12)18/h3-6,8-9,13-14H,7,10H2,1-2H3,(H,20,24). The molecule has 2 amide bonds. The van der Waals surface area contributed by atoms with Gasteiger partial charge in [0.25, 0.3) is 0 Å². The molecule has 2 unspecified atom stereocenters. The molecule has 1 aromatic carbocycles. The first kappa shape index (κ1) is 16.5. The molecule has 0 radical (unpaired) electrons. The number of rotatable bonds is 5. The van der Waals surface area contributed by atoms with Crippen LogP contribution in [-0.4, -0.2) is 40.6 Å². The van der Waals surface area contributed by atoms with Gasteiger partial charge >= 0.3 is 0 Å². The number of carbonyl (C=O) groups excluding carboxylic acids is 2. The van der Waals surface area contributed by atoms with E-state index in [1.165, 1.54) is 9.58 Å². The van der Waals surface area contributed by atoms with Crippen molar-refractivity contribution in [2.75, 3.05) is 19.4 Å². The smallest absolute Gasteiger partial charge is 0.243 e. The number of aromatic nitrogens is 2. The second-order valence-electron chi connectivity index (χ2n) is 6.17. The quantitative estimate of drug-likeness (QED) is 0.903. The molecule has 6 nitrogen and oxygen atoms in total. The Morgan fingerprint density at radius 3 is 2.83 bits per heavy atom. The molecule has 1 heterocycles. The van der Waals surface area contributed by atoms with E-state index >= 15 is 0 Å². The molecule has 1 fully saturated rings. The molecule has 0 saturated heterocycles. The maximum Gasteiger partial charge on any atom is 0.243 e. The number of likely N-dealkylation sites (N-methyl/N-ethyl adjacent to an activating group) is 1. The van der Waals surface area contributed by atoms with Crippen LogP contribution in [0.1, 0.15) is 17.9 Å². The van der Waals surface area contributed by atoms with Crippen molar-refractivity contribution in [2.24, 2.45) is 5.92 Å². The highest BCUT2D eigenvalue weighted by Gasteiger charge is 2.44. The SMILES string of the molecule is CN(C)C(=O)Cn1cc(NC(=O)C2CC2c2ccccc2Cl)cn1. The first-order chi connectivity index (χ1) is 11.5. The molecule has 1 aliphatic rings. The van der Waals surface area contributed by atoms with Crippen molar-refractivity contribution in [1.29, 1.82) is 0 Å². The van der Waals surface area contributed by atoms with Crippen LogP contribution in [-0.2, 0) is 16.1 Å². The van der Waals surface area contributed by atoms with E-state index < -0.39 is 0 Å². The first-order valence-corrected chi connectivity index (χ1v) is 8.11. The second-order valence-corrected chi connectivity index (χ2v) is 6.58. The van der Waals surface area contributed by atoms with Gasteiger partial charge in [0.1, 0.15) is 6.54 Å². The van der Waals surface area contributed by atoms with Gasteiger partial charge in [0.2, 0.25) is 11.8 Å². The Bertz CT molecular complexity index is 771. The maximum atomic E-state index is 12.3. The molecular weight excluding hydrogens is 328 g/mol. The third-order valence-corrected chi connectivity index (χ3v) is 4.47. The summed E-state index contributed by atoms with van der Waals surface area (Å²) in [5.74, 6) is -0.00363. The average molecular weight is 347 g/mol. The Morgan fingerprint density at radius 1 is 1.38 bits per heavy atom. The van der Waals surface area contributed by atoms with Gasteiger partial charge in [0.15, 0.2) is 0 Å². The van der Waals surface area contributed by atoms with Gasteiger partial charge in [-0.15, -0.1) is 0 Å². The minimum Gasteiger partial charge on any atom is -0.347 e. The van der Waals surface area contributed by atoms with Crippen LogP contribution in [0.4, 0.5) is 5.69 Å². The molecule has 7 heteroatoms. The Hall–Kier alpha value is -2.34. The molecule has 1 aromatic heterocycles. The minimum absolute atomic E-state index is 0.0431. The van der Waals surface area contributed by atoms with E-state index in [0.29, 0.717) is 10.7 Å². The highest BCUT2D eigenvalue weighted by molar-refractivity contribution is 6.31. The average Bonchev–Trinajstić information content (AvgIpc) is 3.22. The fraction of sp³-hybridized carbons (Fsp3) is 0.353. The zero-order chi connectivity index (χ0) is 17.3. The van der Waals surface area contributed by atoms with Crippen LogP contribution in [0.2, 0.25) is 5.02 Å². The van der Waals surface area contributed by atoms with E-state index in [-0.39, 0.29) is 30.2 Å². The summed E-state index contributed by atoms with van der Waals surface area (Å²) in [6.07, 6.45) is 4.00. The lowest BCUT2D eigenvalue weighted by atomic mass is 10.1. The van der Waals surface area contributed by atoms with Crippen molar-refractivity contribution < 1.29 is 9.59 Å². The number of hydrogen-bond donors (Lipinski definition) is 1. The van der Waals surface area contributed by atoms with Crippen LogP contribution in [0.3, 0.4) is 0 Å². The number of nitrogens with zero attached hydrogens (tertiary/aromatic N) is 3.